The molecule has 5 heteroatoms. The van der Waals surface area contributed by atoms with Gasteiger partial charge >= 0.3 is 0 Å². The quantitative estimate of drug-likeness (QED) is 0.582. The minimum Gasteiger partial charge on any atom is -0.352 e. The first-order chi connectivity index (χ1) is 12.5. The maximum atomic E-state index is 12.0. The molecule has 1 aliphatic rings. The summed E-state index contributed by atoms with van der Waals surface area (Å²) >= 11 is 0. The van der Waals surface area contributed by atoms with Gasteiger partial charge in [-0.25, -0.2) is 5.43 Å². The van der Waals surface area contributed by atoms with E-state index in [0.717, 1.165) is 35.3 Å². The van der Waals surface area contributed by atoms with Gasteiger partial charge in [-0.15, -0.1) is 0 Å². The highest BCUT2D eigenvalue weighted by molar-refractivity contribution is 6.01. The number of hydrazone groups is 1. The molecule has 0 spiro atoms. The van der Waals surface area contributed by atoms with Crippen molar-refractivity contribution in [2.75, 3.05) is 0 Å². The van der Waals surface area contributed by atoms with Crippen LogP contribution in [0.2, 0.25) is 0 Å². The molecule has 0 saturated heterocycles. The number of nitrogens with zero attached hydrogens (tertiary/aromatic N) is 1. The third kappa shape index (κ3) is 6.31. The number of carbonyl (C=O) groups is 2. The number of hydrogen-bond acceptors (Lipinski definition) is 3. The van der Waals surface area contributed by atoms with E-state index in [2.05, 4.69) is 28.5 Å². The molecule has 1 aromatic carbocycles. The molecule has 0 radical (unpaired) electrons. The van der Waals surface area contributed by atoms with Crippen LogP contribution in [0.4, 0.5) is 0 Å². The summed E-state index contributed by atoms with van der Waals surface area (Å²) < 4.78 is 0. The maximum Gasteiger partial charge on any atom is 0.240 e. The van der Waals surface area contributed by atoms with Gasteiger partial charge in [0.2, 0.25) is 11.8 Å². The Morgan fingerprint density at radius 3 is 2.58 bits per heavy atom. The van der Waals surface area contributed by atoms with E-state index in [9.17, 15) is 9.59 Å². The number of hydrogen-bond donors (Lipinski definition) is 2. The Morgan fingerprint density at radius 1 is 1.19 bits per heavy atom. The largest absolute Gasteiger partial charge is 0.352 e. The second kappa shape index (κ2) is 9.70. The molecule has 0 aromatic heterocycles. The van der Waals surface area contributed by atoms with Crippen molar-refractivity contribution in [1.29, 1.82) is 0 Å². The van der Waals surface area contributed by atoms with E-state index >= 15 is 0 Å². The molecule has 0 saturated carbocycles. The summed E-state index contributed by atoms with van der Waals surface area (Å²) in [7, 11) is 0. The lowest BCUT2D eigenvalue weighted by atomic mass is 9.85. The Hall–Kier alpha value is -2.69. The summed E-state index contributed by atoms with van der Waals surface area (Å²) in [4.78, 5) is 23.8. The number of carbonyl (C=O) groups excluding carboxylic acids is 2. The van der Waals surface area contributed by atoms with Gasteiger partial charge in [0.15, 0.2) is 0 Å². The Morgan fingerprint density at radius 2 is 1.88 bits per heavy atom. The lowest BCUT2D eigenvalue weighted by Crippen LogP contribution is -2.26. The molecule has 2 amide bonds. The van der Waals surface area contributed by atoms with Crippen LogP contribution in [0, 0.1) is 5.92 Å². The fourth-order valence-corrected chi connectivity index (χ4v) is 2.72. The third-order valence-electron chi connectivity index (χ3n) is 4.53. The van der Waals surface area contributed by atoms with E-state index < -0.39 is 0 Å². The van der Waals surface area contributed by atoms with Crippen molar-refractivity contribution in [3.05, 3.63) is 59.7 Å². The Kier molecular flexibility index (Phi) is 7.33. The first kappa shape index (κ1) is 19.6. The van der Waals surface area contributed by atoms with Crippen molar-refractivity contribution < 1.29 is 9.59 Å². The predicted octanol–water partition coefficient (Wildman–Crippen LogP) is 3.49. The van der Waals surface area contributed by atoms with Gasteiger partial charge in [-0.3, -0.25) is 9.59 Å². The maximum absolute atomic E-state index is 12.0. The molecular formula is C21H27N3O2. The normalized spacial score (nSPS) is 18.2. The smallest absolute Gasteiger partial charge is 0.240 e. The van der Waals surface area contributed by atoms with Gasteiger partial charge in [0, 0.05) is 19.4 Å². The van der Waals surface area contributed by atoms with Crippen LogP contribution in [0.3, 0.4) is 0 Å². The van der Waals surface area contributed by atoms with E-state index in [4.69, 9.17) is 0 Å². The van der Waals surface area contributed by atoms with Crippen molar-refractivity contribution >= 4 is 17.5 Å². The predicted molar refractivity (Wildman–Crippen MR) is 104 cm³/mol. The lowest BCUT2D eigenvalue weighted by Gasteiger charge is -2.22. The van der Waals surface area contributed by atoms with Crippen LogP contribution in [0.5, 0.6) is 0 Å². The summed E-state index contributed by atoms with van der Waals surface area (Å²) in [5, 5.41) is 7.06. The topological polar surface area (TPSA) is 70.6 Å². The van der Waals surface area contributed by atoms with Crippen LogP contribution in [0.25, 0.3) is 0 Å². The Bertz CT molecular complexity index is 720. The first-order valence-corrected chi connectivity index (χ1v) is 8.94. The molecule has 0 unspecified atom stereocenters. The van der Waals surface area contributed by atoms with Crippen molar-refractivity contribution in [3.8, 4) is 0 Å². The lowest BCUT2D eigenvalue weighted by molar-refractivity contribution is -0.126. The second-order valence-electron chi connectivity index (χ2n) is 6.73. The average molecular weight is 353 g/mol. The highest BCUT2D eigenvalue weighted by Gasteiger charge is 2.18. The molecule has 1 atom stereocenters. The third-order valence-corrected chi connectivity index (χ3v) is 4.53. The van der Waals surface area contributed by atoms with Crippen LogP contribution in [-0.4, -0.2) is 17.5 Å². The van der Waals surface area contributed by atoms with Gasteiger partial charge in [-0.05, 0) is 43.7 Å². The van der Waals surface area contributed by atoms with Crippen LogP contribution >= 0.6 is 0 Å². The summed E-state index contributed by atoms with van der Waals surface area (Å²) in [6, 6.07) is 9.67. The molecule has 138 valence electrons. The fourth-order valence-electron chi connectivity index (χ4n) is 2.72. The second-order valence-corrected chi connectivity index (χ2v) is 6.73. The number of benzene rings is 1. The number of amides is 2. The van der Waals surface area contributed by atoms with Gasteiger partial charge in [0.25, 0.3) is 0 Å². The first-order valence-electron chi connectivity index (χ1n) is 8.94. The van der Waals surface area contributed by atoms with E-state index in [0.29, 0.717) is 12.5 Å². The van der Waals surface area contributed by atoms with Gasteiger partial charge in [-0.1, -0.05) is 48.6 Å². The number of allylic oxidation sites excluding steroid dienone is 3. The molecule has 2 rings (SSSR count). The Labute approximate surface area is 155 Å². The van der Waals surface area contributed by atoms with Crippen molar-refractivity contribution in [2.45, 2.75) is 46.1 Å². The van der Waals surface area contributed by atoms with E-state index in [-0.39, 0.29) is 24.7 Å². The molecule has 1 aliphatic carbocycles. The summed E-state index contributed by atoms with van der Waals surface area (Å²) in [5.74, 6) is -0.0246. The molecule has 0 heterocycles. The molecule has 1 aromatic rings. The van der Waals surface area contributed by atoms with Gasteiger partial charge in [-0.2, -0.15) is 5.10 Å². The summed E-state index contributed by atoms with van der Waals surface area (Å²) in [6.07, 6.45) is 4.15. The van der Waals surface area contributed by atoms with E-state index in [1.165, 1.54) is 0 Å². The minimum absolute atomic E-state index is 0.115. The number of nitrogens with one attached hydrogen (secondary N) is 2. The SMILES string of the molecule is C=C(C)[C@@H]1CC=C(C)/C(=N\NC(=O)CCC(=O)NCc2ccccc2)C1. The summed E-state index contributed by atoms with van der Waals surface area (Å²) in [5.41, 5.74) is 6.70. The van der Waals surface area contributed by atoms with Crippen LogP contribution in [-0.2, 0) is 16.1 Å². The molecule has 5 nitrogen and oxygen atoms in total. The standard InChI is InChI=1S/C21H27N3O2/c1-15(2)18-10-9-16(3)19(13-18)23-24-21(26)12-11-20(25)22-14-17-7-5-4-6-8-17/h4-9,18H,1,10-14H2,2-3H3,(H,22,25)(H,24,26)/b23-19-/t18-/m1/s1. The summed E-state index contributed by atoms with van der Waals surface area (Å²) in [6.45, 7) is 8.49. The van der Waals surface area contributed by atoms with E-state index in [1.807, 2.05) is 44.2 Å². The molecule has 0 bridgehead atoms. The number of rotatable bonds is 7. The van der Waals surface area contributed by atoms with Crippen molar-refractivity contribution in [2.24, 2.45) is 11.0 Å². The fraction of sp³-hybridized carbons (Fsp3) is 0.381. The molecular weight excluding hydrogens is 326 g/mol. The zero-order valence-electron chi connectivity index (χ0n) is 15.5. The van der Waals surface area contributed by atoms with Gasteiger partial charge < -0.3 is 5.32 Å². The Balaban J connectivity index is 1.74. The van der Waals surface area contributed by atoms with Gasteiger partial charge in [0.1, 0.15) is 0 Å². The highest BCUT2D eigenvalue weighted by atomic mass is 16.2. The van der Waals surface area contributed by atoms with Crippen molar-refractivity contribution in [3.63, 3.8) is 0 Å². The average Bonchev–Trinajstić information content (AvgIpc) is 2.64. The zero-order chi connectivity index (χ0) is 18.9. The molecule has 2 N–H and O–H groups in total. The van der Waals surface area contributed by atoms with Crippen LogP contribution < -0.4 is 10.7 Å². The van der Waals surface area contributed by atoms with Crippen LogP contribution in [0.1, 0.15) is 45.1 Å². The molecule has 0 aliphatic heterocycles. The zero-order valence-corrected chi connectivity index (χ0v) is 15.5. The monoisotopic (exact) mass is 353 g/mol. The molecule has 0 fully saturated rings. The van der Waals surface area contributed by atoms with Gasteiger partial charge in [0.05, 0.1) is 5.71 Å². The van der Waals surface area contributed by atoms with E-state index in [1.54, 1.807) is 0 Å². The van der Waals surface area contributed by atoms with Crippen LogP contribution in [0.15, 0.2) is 59.2 Å². The molecule has 26 heavy (non-hydrogen) atoms. The highest BCUT2D eigenvalue weighted by Crippen LogP contribution is 2.26. The van der Waals surface area contributed by atoms with Crippen molar-refractivity contribution in [1.82, 2.24) is 10.7 Å². The minimum atomic E-state index is -0.252.